The molecule has 0 atom stereocenters. The van der Waals surface area contributed by atoms with Crippen LogP contribution >= 0.6 is 0 Å². The topological polar surface area (TPSA) is 78.8 Å². The minimum absolute atomic E-state index is 0.188. The van der Waals surface area contributed by atoms with Crippen LogP contribution in [0.2, 0.25) is 0 Å². The maximum absolute atomic E-state index is 12.3. The molecule has 0 radical (unpaired) electrons. The summed E-state index contributed by atoms with van der Waals surface area (Å²) in [4.78, 5) is 22.0. The van der Waals surface area contributed by atoms with Crippen molar-refractivity contribution in [1.29, 1.82) is 0 Å². The van der Waals surface area contributed by atoms with Gasteiger partial charge in [-0.2, -0.15) is 10.1 Å². The second-order valence-electron chi connectivity index (χ2n) is 6.27. The molecule has 4 rings (SSSR count). The predicted octanol–water partition coefficient (Wildman–Crippen LogP) is 1.78. The third kappa shape index (κ3) is 3.18. The zero-order valence-electron chi connectivity index (χ0n) is 14.1. The van der Waals surface area contributed by atoms with Gasteiger partial charge in [0.15, 0.2) is 5.65 Å². The van der Waals surface area contributed by atoms with E-state index in [-0.39, 0.29) is 5.56 Å². The standard InChI is InChI=1S/C18H20N6O/c1-23-9-7-13(8-10-23)11-19-18-21-16-15(17(25)22-18)12-20-24(16)14-5-3-2-4-6-14/h2-7,12H,8-11H2,1H3,(H2,19,21,22,25). The van der Waals surface area contributed by atoms with Crippen molar-refractivity contribution in [3.8, 4) is 5.69 Å². The first kappa shape index (κ1) is 15.6. The van der Waals surface area contributed by atoms with Crippen molar-refractivity contribution >= 4 is 17.0 Å². The first-order chi connectivity index (χ1) is 12.2. The van der Waals surface area contributed by atoms with Gasteiger partial charge in [0.1, 0.15) is 5.39 Å². The second-order valence-corrected chi connectivity index (χ2v) is 6.27. The molecule has 0 unspecified atom stereocenters. The summed E-state index contributed by atoms with van der Waals surface area (Å²) in [5.41, 5.74) is 2.57. The molecule has 0 bridgehead atoms. The van der Waals surface area contributed by atoms with E-state index < -0.39 is 0 Å². The second kappa shape index (κ2) is 6.52. The van der Waals surface area contributed by atoms with E-state index in [1.165, 1.54) is 5.57 Å². The lowest BCUT2D eigenvalue weighted by Gasteiger charge is -2.22. The summed E-state index contributed by atoms with van der Waals surface area (Å²) < 4.78 is 1.69. The molecule has 0 fully saturated rings. The van der Waals surface area contributed by atoms with Crippen molar-refractivity contribution in [2.24, 2.45) is 0 Å². The van der Waals surface area contributed by atoms with Crippen LogP contribution in [0.5, 0.6) is 0 Å². The van der Waals surface area contributed by atoms with E-state index in [4.69, 9.17) is 0 Å². The molecule has 128 valence electrons. The van der Waals surface area contributed by atoms with Crippen molar-refractivity contribution in [2.75, 3.05) is 32.0 Å². The number of hydrogen-bond donors (Lipinski definition) is 2. The molecule has 0 spiro atoms. The van der Waals surface area contributed by atoms with Gasteiger partial charge >= 0.3 is 0 Å². The number of nitrogens with zero attached hydrogens (tertiary/aromatic N) is 4. The summed E-state index contributed by atoms with van der Waals surface area (Å²) in [7, 11) is 2.11. The normalized spacial score (nSPS) is 15.3. The van der Waals surface area contributed by atoms with Gasteiger partial charge in [0, 0.05) is 19.6 Å². The lowest BCUT2D eigenvalue weighted by Crippen LogP contribution is -2.26. The Morgan fingerprint density at radius 1 is 1.28 bits per heavy atom. The Labute approximate surface area is 145 Å². The number of H-pyrrole nitrogens is 1. The number of fused-ring (bicyclic) bond motifs is 1. The Kier molecular flexibility index (Phi) is 4.07. The van der Waals surface area contributed by atoms with Crippen LogP contribution < -0.4 is 10.9 Å². The number of anilines is 1. The van der Waals surface area contributed by atoms with E-state index in [0.717, 1.165) is 25.2 Å². The van der Waals surface area contributed by atoms with E-state index in [2.05, 4.69) is 38.4 Å². The van der Waals surface area contributed by atoms with Crippen LogP contribution in [0.3, 0.4) is 0 Å². The lowest BCUT2D eigenvalue weighted by atomic mass is 10.1. The summed E-state index contributed by atoms with van der Waals surface area (Å²) in [6.45, 7) is 2.69. The fourth-order valence-electron chi connectivity index (χ4n) is 2.93. The van der Waals surface area contributed by atoms with Gasteiger partial charge in [0.05, 0.1) is 11.9 Å². The maximum atomic E-state index is 12.3. The van der Waals surface area contributed by atoms with Crippen LogP contribution in [0.15, 0.2) is 53.0 Å². The molecule has 1 aliphatic rings. The number of aromatic nitrogens is 4. The SMILES string of the molecule is CN1CC=C(CNc2nc3c(cnn3-c3ccccc3)c(=O)[nH]2)CC1. The minimum Gasteiger partial charge on any atom is -0.352 e. The molecule has 7 nitrogen and oxygen atoms in total. The Bertz CT molecular complexity index is 972. The van der Waals surface area contributed by atoms with Crippen molar-refractivity contribution < 1.29 is 0 Å². The first-order valence-corrected chi connectivity index (χ1v) is 8.34. The molecule has 7 heteroatoms. The molecule has 0 saturated heterocycles. The van der Waals surface area contributed by atoms with E-state index in [1.807, 2.05) is 30.3 Å². The van der Waals surface area contributed by atoms with Crippen LogP contribution in [0.4, 0.5) is 5.95 Å². The summed E-state index contributed by atoms with van der Waals surface area (Å²) in [5.74, 6) is 0.468. The van der Waals surface area contributed by atoms with Gasteiger partial charge in [0.25, 0.3) is 5.56 Å². The van der Waals surface area contributed by atoms with E-state index in [0.29, 0.717) is 23.5 Å². The molecule has 25 heavy (non-hydrogen) atoms. The number of para-hydroxylation sites is 1. The van der Waals surface area contributed by atoms with Gasteiger partial charge in [-0.05, 0) is 25.6 Å². The molecular weight excluding hydrogens is 316 g/mol. The molecule has 1 aromatic carbocycles. The number of nitrogens with one attached hydrogen (secondary N) is 2. The Hall–Kier alpha value is -2.93. The van der Waals surface area contributed by atoms with Crippen LogP contribution in [-0.2, 0) is 0 Å². The minimum atomic E-state index is -0.188. The Morgan fingerprint density at radius 3 is 2.88 bits per heavy atom. The number of hydrogen-bond acceptors (Lipinski definition) is 5. The quantitative estimate of drug-likeness (QED) is 0.710. The summed E-state index contributed by atoms with van der Waals surface area (Å²) in [6, 6.07) is 9.68. The maximum Gasteiger partial charge on any atom is 0.263 e. The fourth-order valence-corrected chi connectivity index (χ4v) is 2.93. The highest BCUT2D eigenvalue weighted by Crippen LogP contribution is 2.15. The average molecular weight is 336 g/mol. The molecule has 3 heterocycles. The van der Waals surface area contributed by atoms with E-state index in [9.17, 15) is 4.79 Å². The first-order valence-electron chi connectivity index (χ1n) is 8.34. The third-order valence-corrected chi connectivity index (χ3v) is 4.43. The van der Waals surface area contributed by atoms with Crippen molar-refractivity contribution in [2.45, 2.75) is 6.42 Å². The molecule has 0 aliphatic carbocycles. The molecule has 1 aliphatic heterocycles. The highest BCUT2D eigenvalue weighted by molar-refractivity contribution is 5.76. The predicted molar refractivity (Wildman–Crippen MR) is 98.2 cm³/mol. The molecule has 2 N–H and O–H groups in total. The Morgan fingerprint density at radius 2 is 2.12 bits per heavy atom. The summed E-state index contributed by atoms with van der Waals surface area (Å²) >= 11 is 0. The summed E-state index contributed by atoms with van der Waals surface area (Å²) in [5, 5.41) is 8.03. The molecular formula is C18H20N6O. The van der Waals surface area contributed by atoms with Crippen LogP contribution in [0.1, 0.15) is 6.42 Å². The number of aromatic amines is 1. The largest absolute Gasteiger partial charge is 0.352 e. The van der Waals surface area contributed by atoms with Gasteiger partial charge in [-0.15, -0.1) is 0 Å². The van der Waals surface area contributed by atoms with Crippen LogP contribution in [0, 0.1) is 0 Å². The van der Waals surface area contributed by atoms with Crippen molar-refractivity contribution in [1.82, 2.24) is 24.6 Å². The average Bonchev–Trinajstić information content (AvgIpc) is 3.06. The van der Waals surface area contributed by atoms with E-state index >= 15 is 0 Å². The van der Waals surface area contributed by atoms with Gasteiger partial charge < -0.3 is 10.2 Å². The number of rotatable bonds is 4. The molecule has 3 aromatic rings. The van der Waals surface area contributed by atoms with Crippen LogP contribution in [-0.4, -0.2) is 51.3 Å². The monoisotopic (exact) mass is 336 g/mol. The van der Waals surface area contributed by atoms with Crippen LogP contribution in [0.25, 0.3) is 16.7 Å². The van der Waals surface area contributed by atoms with Gasteiger partial charge in [-0.1, -0.05) is 29.8 Å². The fraction of sp³-hybridized carbons (Fsp3) is 0.278. The zero-order valence-corrected chi connectivity index (χ0v) is 14.1. The van der Waals surface area contributed by atoms with Gasteiger partial charge in [0.2, 0.25) is 5.95 Å². The molecule has 2 aromatic heterocycles. The van der Waals surface area contributed by atoms with Crippen molar-refractivity contribution in [3.63, 3.8) is 0 Å². The highest BCUT2D eigenvalue weighted by atomic mass is 16.1. The van der Waals surface area contributed by atoms with Gasteiger partial charge in [-0.25, -0.2) is 4.68 Å². The third-order valence-electron chi connectivity index (χ3n) is 4.43. The lowest BCUT2D eigenvalue weighted by molar-refractivity contribution is 0.358. The number of likely N-dealkylation sites (N-methyl/N-ethyl adjacent to an activating group) is 1. The zero-order chi connectivity index (χ0) is 17.2. The molecule has 0 saturated carbocycles. The Balaban J connectivity index is 1.63. The molecule has 0 amide bonds. The van der Waals surface area contributed by atoms with Crippen molar-refractivity contribution in [3.05, 3.63) is 58.5 Å². The van der Waals surface area contributed by atoms with Gasteiger partial charge in [-0.3, -0.25) is 9.78 Å². The highest BCUT2D eigenvalue weighted by Gasteiger charge is 2.12. The smallest absolute Gasteiger partial charge is 0.263 e. The van der Waals surface area contributed by atoms with E-state index in [1.54, 1.807) is 10.9 Å². The number of benzene rings is 1. The summed E-state index contributed by atoms with van der Waals surface area (Å²) in [6.07, 6.45) is 4.80.